The SMILES string of the molecule is Cc1ccc2c(c1)C(C)(C)C(/C=C/C=C/C=C/C=C1/N(CCCCCC(=O)ON3C(=O)CCC3=O)c3ccc(S(=O)(=O)O)cc3C1(C)C)=[N+]2C. The fourth-order valence-corrected chi connectivity index (χ4v) is 7.52. The summed E-state index contributed by atoms with van der Waals surface area (Å²) in [7, 11) is -2.29. The van der Waals surface area contributed by atoms with Crippen LogP contribution in [0.2, 0.25) is 0 Å². The summed E-state index contributed by atoms with van der Waals surface area (Å²) in [4.78, 5) is 42.6. The molecule has 0 bridgehead atoms. The van der Waals surface area contributed by atoms with Crippen molar-refractivity contribution in [3.8, 4) is 0 Å². The largest absolute Gasteiger partial charge is 0.344 e. The van der Waals surface area contributed by atoms with Gasteiger partial charge in [0.25, 0.3) is 21.9 Å². The Bertz CT molecular complexity index is 1970. The molecule has 2 aromatic rings. The summed E-state index contributed by atoms with van der Waals surface area (Å²) in [6.45, 7) is 11.2. The van der Waals surface area contributed by atoms with Crippen molar-refractivity contribution >= 4 is 45.0 Å². The van der Waals surface area contributed by atoms with Gasteiger partial charge in [-0.25, -0.2) is 4.79 Å². The molecule has 3 aliphatic heterocycles. The number of hydrogen-bond donors (Lipinski definition) is 1. The van der Waals surface area contributed by atoms with E-state index in [0.29, 0.717) is 30.9 Å². The monoisotopic (exact) mass is 700 g/mol. The van der Waals surface area contributed by atoms with E-state index in [1.807, 2.05) is 50.3 Å². The van der Waals surface area contributed by atoms with E-state index in [9.17, 15) is 27.4 Å². The van der Waals surface area contributed by atoms with Crippen molar-refractivity contribution < 1.29 is 36.8 Å². The average molecular weight is 701 g/mol. The third-order valence-corrected chi connectivity index (χ3v) is 10.6. The normalized spacial score (nSPS) is 19.2. The number of unbranched alkanes of at least 4 members (excludes halogenated alkanes) is 2. The molecule has 11 heteroatoms. The van der Waals surface area contributed by atoms with Crippen LogP contribution in [-0.2, 0) is 40.2 Å². The van der Waals surface area contributed by atoms with Gasteiger partial charge in [0, 0.05) is 60.3 Å². The van der Waals surface area contributed by atoms with Crippen LogP contribution in [-0.4, -0.2) is 59.7 Å². The minimum atomic E-state index is -4.38. The topological polar surface area (TPSA) is 124 Å². The first-order valence-electron chi connectivity index (χ1n) is 16.9. The Balaban J connectivity index is 1.26. The number of carbonyl (C=O) groups excluding carboxylic acids is 3. The Morgan fingerprint density at radius 1 is 0.900 bits per heavy atom. The van der Waals surface area contributed by atoms with E-state index in [2.05, 4.69) is 61.6 Å². The van der Waals surface area contributed by atoms with Gasteiger partial charge in [-0.15, -0.1) is 5.06 Å². The number of imide groups is 1. The minimum absolute atomic E-state index is 0.0508. The van der Waals surface area contributed by atoms with E-state index < -0.39 is 33.3 Å². The van der Waals surface area contributed by atoms with Crippen molar-refractivity contribution in [2.24, 2.45) is 0 Å². The van der Waals surface area contributed by atoms with Gasteiger partial charge >= 0.3 is 5.97 Å². The maximum Gasteiger partial charge on any atom is 0.333 e. The molecule has 10 nitrogen and oxygen atoms in total. The van der Waals surface area contributed by atoms with Crippen LogP contribution in [0.1, 0.15) is 82.9 Å². The van der Waals surface area contributed by atoms with Crippen LogP contribution < -0.4 is 4.90 Å². The zero-order valence-corrected chi connectivity index (χ0v) is 30.4. The molecule has 0 radical (unpaired) electrons. The lowest BCUT2D eigenvalue weighted by atomic mass is 9.81. The van der Waals surface area contributed by atoms with E-state index >= 15 is 0 Å². The highest BCUT2D eigenvalue weighted by atomic mass is 32.2. The summed E-state index contributed by atoms with van der Waals surface area (Å²) >= 11 is 0. The molecule has 50 heavy (non-hydrogen) atoms. The number of benzene rings is 2. The van der Waals surface area contributed by atoms with Crippen molar-refractivity contribution in [1.82, 2.24) is 5.06 Å². The van der Waals surface area contributed by atoms with Gasteiger partial charge in [-0.1, -0.05) is 62.3 Å². The zero-order valence-electron chi connectivity index (χ0n) is 29.6. The summed E-state index contributed by atoms with van der Waals surface area (Å²) in [5, 5.41) is 0.566. The highest BCUT2D eigenvalue weighted by Crippen LogP contribution is 2.48. The lowest BCUT2D eigenvalue weighted by Crippen LogP contribution is -2.32. The number of rotatable bonds is 12. The van der Waals surface area contributed by atoms with E-state index in [-0.39, 0.29) is 29.6 Å². The molecule has 0 spiro atoms. The number of amides is 2. The van der Waals surface area contributed by atoms with Crippen LogP contribution in [0, 0.1) is 6.92 Å². The van der Waals surface area contributed by atoms with Crippen LogP contribution >= 0.6 is 0 Å². The molecule has 0 unspecified atom stereocenters. The summed E-state index contributed by atoms with van der Waals surface area (Å²) < 4.78 is 35.9. The smallest absolute Gasteiger partial charge is 0.333 e. The number of aryl methyl sites for hydroxylation is 1. The van der Waals surface area contributed by atoms with Crippen LogP contribution in [0.3, 0.4) is 0 Å². The first-order valence-corrected chi connectivity index (χ1v) is 18.4. The second-order valence-electron chi connectivity index (χ2n) is 14.1. The Morgan fingerprint density at radius 2 is 1.58 bits per heavy atom. The average Bonchev–Trinajstić information content (AvgIpc) is 3.54. The second-order valence-corrected chi connectivity index (χ2v) is 15.5. The first-order chi connectivity index (χ1) is 23.5. The predicted molar refractivity (Wildman–Crippen MR) is 193 cm³/mol. The van der Waals surface area contributed by atoms with Crippen molar-refractivity contribution in [2.75, 3.05) is 18.5 Å². The predicted octanol–water partition coefficient (Wildman–Crippen LogP) is 6.77. The molecule has 0 aliphatic carbocycles. The number of carbonyl (C=O) groups is 3. The fraction of sp³-hybridized carbons (Fsp3) is 0.385. The summed E-state index contributed by atoms with van der Waals surface area (Å²) in [6, 6.07) is 11.2. The van der Waals surface area contributed by atoms with E-state index in [0.717, 1.165) is 16.9 Å². The van der Waals surface area contributed by atoms with Crippen LogP contribution in [0.4, 0.5) is 11.4 Å². The van der Waals surface area contributed by atoms with E-state index in [1.54, 1.807) is 6.07 Å². The van der Waals surface area contributed by atoms with Crippen molar-refractivity contribution in [3.63, 3.8) is 0 Å². The van der Waals surface area contributed by atoms with Crippen molar-refractivity contribution in [1.29, 1.82) is 0 Å². The molecule has 3 heterocycles. The third kappa shape index (κ3) is 7.44. The maximum atomic E-state index is 12.2. The van der Waals surface area contributed by atoms with Gasteiger partial charge in [0.15, 0.2) is 5.71 Å². The van der Waals surface area contributed by atoms with Gasteiger partial charge in [-0.3, -0.25) is 14.1 Å². The second kappa shape index (κ2) is 14.3. The molecule has 1 saturated heterocycles. The molecule has 0 aromatic heterocycles. The van der Waals surface area contributed by atoms with Crippen LogP contribution in [0.25, 0.3) is 0 Å². The number of allylic oxidation sites excluding steroid dienone is 8. The molecule has 2 amide bonds. The molecule has 1 fully saturated rings. The van der Waals surface area contributed by atoms with Gasteiger partial charge in [0.05, 0.1) is 10.3 Å². The van der Waals surface area contributed by atoms with Gasteiger partial charge < -0.3 is 9.74 Å². The molecule has 5 rings (SSSR count). The Morgan fingerprint density at radius 3 is 2.28 bits per heavy atom. The van der Waals surface area contributed by atoms with Gasteiger partial charge in [0.1, 0.15) is 7.05 Å². The molecule has 0 atom stereocenters. The Hall–Kier alpha value is -4.61. The Labute approximate surface area is 294 Å². The molecular weight excluding hydrogens is 655 g/mol. The minimum Gasteiger partial charge on any atom is -0.344 e. The summed E-state index contributed by atoms with van der Waals surface area (Å²) in [5.74, 6) is -1.62. The zero-order chi connectivity index (χ0) is 36.4. The third-order valence-electron chi connectivity index (χ3n) is 9.76. The molecular formula is C39H46N3O7S+. The first kappa shape index (κ1) is 36.7. The highest BCUT2D eigenvalue weighted by molar-refractivity contribution is 7.85. The van der Waals surface area contributed by atoms with Gasteiger partial charge in [-0.2, -0.15) is 13.0 Å². The molecule has 3 aliphatic rings. The van der Waals surface area contributed by atoms with E-state index in [1.165, 1.54) is 34.7 Å². The number of hydroxylamine groups is 2. The van der Waals surface area contributed by atoms with Gasteiger partial charge in [0.2, 0.25) is 5.69 Å². The highest BCUT2D eigenvalue weighted by Gasteiger charge is 2.43. The molecule has 2 aromatic carbocycles. The quantitative estimate of drug-likeness (QED) is 0.0847. The van der Waals surface area contributed by atoms with Gasteiger partial charge in [-0.05, 0) is 69.5 Å². The lowest BCUT2D eigenvalue weighted by Gasteiger charge is -2.27. The maximum absolute atomic E-state index is 12.2. The summed E-state index contributed by atoms with van der Waals surface area (Å²) in [6.07, 6.45) is 16.1. The summed E-state index contributed by atoms with van der Waals surface area (Å²) in [5.41, 5.74) is 6.92. The van der Waals surface area contributed by atoms with Crippen LogP contribution in [0.5, 0.6) is 0 Å². The van der Waals surface area contributed by atoms with Crippen LogP contribution in [0.15, 0.2) is 89.5 Å². The number of hydrogen-bond acceptors (Lipinski definition) is 7. The number of fused-ring (bicyclic) bond motifs is 2. The van der Waals surface area contributed by atoms with Crippen molar-refractivity contribution in [2.45, 2.75) is 88.9 Å². The lowest BCUT2D eigenvalue weighted by molar-refractivity contribution is -0.401. The van der Waals surface area contributed by atoms with E-state index in [4.69, 9.17) is 4.84 Å². The van der Waals surface area contributed by atoms with Crippen molar-refractivity contribution in [3.05, 3.63) is 101 Å². The number of anilines is 1. The molecule has 1 N–H and O–H groups in total. The number of nitrogens with zero attached hydrogens (tertiary/aromatic N) is 3. The molecule has 264 valence electrons. The standard InChI is InChI=1S/C39H45N3O7S/c1-27-18-20-31-29(25-27)38(2,3)33(40(31)6)15-11-8-7-9-12-16-34-39(4,5)30-26-28(50(46,47)48)19-21-32(30)41(34)24-14-10-13-17-37(45)49-42-35(43)22-23-36(42)44/h7-9,11-12,15-16,18-21,25-26H,10,13-14,17,22-24H2,1-6H3/p+1. The fourth-order valence-electron chi connectivity index (χ4n) is 7.01. The Kier molecular flexibility index (Phi) is 10.5. The molecule has 0 saturated carbocycles.